The second-order valence-corrected chi connectivity index (χ2v) is 3.88. The molecule has 1 aromatic carbocycles. The maximum atomic E-state index is 10.6. The quantitative estimate of drug-likeness (QED) is 0.371. The fraction of sp³-hybridized carbons (Fsp3) is 0. The first-order valence-corrected chi connectivity index (χ1v) is 4.80. The molecule has 1 rings (SSSR count). The molecule has 0 amide bonds. The smallest absolute Gasteiger partial charge is 1.00 e. The summed E-state index contributed by atoms with van der Waals surface area (Å²) in [6, 6.07) is 2.46. The number of hydrogen-bond donors (Lipinski definition) is 3. The Hall–Kier alpha value is 1.67. The molecule has 1 aromatic rings. The summed E-state index contributed by atoms with van der Waals surface area (Å²) in [5.74, 6) is -2.04. The molecule has 0 heterocycles. The molecule has 0 radical (unpaired) electrons. The minimum absolute atomic E-state index is 0. The minimum Gasteiger partial charge on any atom is -1.00 e. The van der Waals surface area contributed by atoms with Crippen molar-refractivity contribution in [2.75, 3.05) is 0 Å². The van der Waals surface area contributed by atoms with Gasteiger partial charge in [0.2, 0.25) is 0 Å². The summed E-state index contributed by atoms with van der Waals surface area (Å²) in [7, 11) is -4.45. The van der Waals surface area contributed by atoms with Gasteiger partial charge in [-0.2, -0.15) is 8.42 Å². The Morgan fingerprint density at radius 3 is 2.12 bits per heavy atom. The van der Waals surface area contributed by atoms with Crippen molar-refractivity contribution in [3.63, 3.8) is 0 Å². The van der Waals surface area contributed by atoms with Crippen LogP contribution in [0.15, 0.2) is 23.1 Å². The number of aromatic carboxylic acids is 1. The molecule has 0 aromatic heterocycles. The van der Waals surface area contributed by atoms with Gasteiger partial charge in [0.25, 0.3) is 10.1 Å². The van der Waals surface area contributed by atoms with E-state index in [1.165, 1.54) is 0 Å². The first-order chi connectivity index (χ1) is 6.32. The molecule has 0 atom stereocenters. The maximum absolute atomic E-state index is 10.6. The molecule has 0 aliphatic carbocycles. The molecule has 80 valence electrons. The Bertz CT molecular complexity index is 493. The van der Waals surface area contributed by atoms with Crippen molar-refractivity contribution in [3.8, 4) is 5.75 Å². The van der Waals surface area contributed by atoms with Gasteiger partial charge in [0.1, 0.15) is 11.3 Å². The number of benzene rings is 1. The summed E-state index contributed by atoms with van der Waals surface area (Å²) in [6.07, 6.45) is 0. The first kappa shape index (κ1) is 20.0. The maximum Gasteiger partial charge on any atom is 1.00 e. The van der Waals surface area contributed by atoms with Gasteiger partial charge < -0.3 is 13.1 Å². The number of carboxylic acids is 1. The summed E-state index contributed by atoms with van der Waals surface area (Å²) in [5.41, 5.74) is -0.583. The minimum atomic E-state index is -4.45. The predicted octanol–water partition coefficient (Wildman–Crippen LogP) is -5.43. The summed E-state index contributed by atoms with van der Waals surface area (Å²) < 4.78 is 29.8. The van der Waals surface area contributed by atoms with E-state index in [1.807, 2.05) is 0 Å². The van der Waals surface area contributed by atoms with Crippen LogP contribution in [0, 0.1) is 0 Å². The van der Waals surface area contributed by atoms with E-state index in [4.69, 9.17) is 14.8 Å². The largest absolute Gasteiger partial charge is 1.00 e. The zero-order valence-electron chi connectivity index (χ0n) is 10.7. The second kappa shape index (κ2) is 7.97. The van der Waals surface area contributed by atoms with Crippen LogP contribution < -0.4 is 103 Å². The molecule has 9 heteroatoms. The van der Waals surface area contributed by atoms with Gasteiger partial charge in [0.05, 0.1) is 4.90 Å². The Balaban J connectivity index is -0.000000245. The summed E-state index contributed by atoms with van der Waals surface area (Å²) in [6.45, 7) is 0. The van der Waals surface area contributed by atoms with E-state index in [9.17, 15) is 13.2 Å². The van der Waals surface area contributed by atoms with Crippen molar-refractivity contribution >= 4 is 16.1 Å². The van der Waals surface area contributed by atoms with Crippen molar-refractivity contribution in [1.82, 2.24) is 0 Å². The van der Waals surface area contributed by atoms with Gasteiger partial charge in [-0.1, -0.05) is 0 Å². The molecule has 3 N–H and O–H groups in total. The monoisotopic (exact) mass is 298 g/mol. The van der Waals surface area contributed by atoms with Gasteiger partial charge >= 0.3 is 109 Å². The molecule has 0 saturated heterocycles. The number of aromatic hydroxyl groups is 1. The van der Waals surface area contributed by atoms with E-state index in [2.05, 4.69) is 0 Å². The molecule has 0 aliphatic rings. The Morgan fingerprint density at radius 2 is 1.75 bits per heavy atom. The van der Waals surface area contributed by atoms with Crippen LogP contribution in [0.3, 0.4) is 0 Å². The number of hydrogen-bond acceptors (Lipinski definition) is 4. The Labute approximate surface area is 180 Å². The van der Waals surface area contributed by atoms with Gasteiger partial charge in [-0.3, -0.25) is 4.55 Å². The van der Waals surface area contributed by atoms with Gasteiger partial charge in [-0.25, -0.2) is 4.79 Å². The van der Waals surface area contributed by atoms with Crippen LogP contribution in [0.4, 0.5) is 0 Å². The van der Waals surface area contributed by atoms with E-state index in [0.717, 1.165) is 12.1 Å². The zero-order valence-corrected chi connectivity index (χ0v) is 15.8. The van der Waals surface area contributed by atoms with Gasteiger partial charge in [0.15, 0.2) is 0 Å². The standard InChI is InChI=1S/C7H6O6S.2K.2H/c8-6-2-1-4(14(11,12)13)3-5(6)7(9)10;;;;/h1-3,8H,(H,9,10)(H,11,12,13);;;;/q;2*+1;2*-1. The van der Waals surface area contributed by atoms with Crippen LogP contribution >= 0.6 is 0 Å². The summed E-state index contributed by atoms with van der Waals surface area (Å²) >= 11 is 0. The van der Waals surface area contributed by atoms with Gasteiger partial charge in [-0.05, 0) is 18.2 Å². The zero-order chi connectivity index (χ0) is 10.9. The van der Waals surface area contributed by atoms with Crippen LogP contribution in [-0.2, 0) is 10.1 Å². The van der Waals surface area contributed by atoms with Crippen molar-refractivity contribution < 1.29 is 134 Å². The molecule has 0 bridgehead atoms. The molecule has 0 aliphatic heterocycles. The van der Waals surface area contributed by atoms with E-state index in [-0.39, 0.29) is 106 Å². The van der Waals surface area contributed by atoms with Crippen LogP contribution in [0.25, 0.3) is 0 Å². The normalized spacial score (nSPS) is 9.81. The fourth-order valence-corrected chi connectivity index (χ4v) is 1.35. The van der Waals surface area contributed by atoms with E-state index >= 15 is 0 Å². The average molecular weight is 298 g/mol. The molecule has 0 spiro atoms. The average Bonchev–Trinajstić information content (AvgIpc) is 2.02. The van der Waals surface area contributed by atoms with Crippen molar-refractivity contribution in [1.29, 1.82) is 0 Å². The third-order valence-electron chi connectivity index (χ3n) is 1.50. The second-order valence-electron chi connectivity index (χ2n) is 2.46. The van der Waals surface area contributed by atoms with Crippen LogP contribution in [0.2, 0.25) is 0 Å². The molecule has 0 saturated carbocycles. The van der Waals surface area contributed by atoms with E-state index in [0.29, 0.717) is 6.07 Å². The summed E-state index contributed by atoms with van der Waals surface area (Å²) in [4.78, 5) is 9.89. The van der Waals surface area contributed by atoms with Crippen LogP contribution in [0.1, 0.15) is 13.2 Å². The SMILES string of the molecule is O=C(O)c1cc(S(=O)(=O)O)ccc1O.[H-].[H-].[K+].[K+]. The first-order valence-electron chi connectivity index (χ1n) is 3.36. The molecule has 0 fully saturated rings. The third kappa shape index (κ3) is 5.54. The third-order valence-corrected chi connectivity index (χ3v) is 2.35. The van der Waals surface area contributed by atoms with E-state index in [1.54, 1.807) is 0 Å². The molecular weight excluding hydrogens is 290 g/mol. The topological polar surface area (TPSA) is 112 Å². The van der Waals surface area contributed by atoms with Crippen molar-refractivity contribution in [2.24, 2.45) is 0 Å². The molecule has 16 heavy (non-hydrogen) atoms. The fourth-order valence-electron chi connectivity index (χ4n) is 0.847. The molecule has 0 unspecified atom stereocenters. The van der Waals surface area contributed by atoms with Crippen LogP contribution in [0.5, 0.6) is 5.75 Å². The number of carbonyl (C=O) groups is 1. The summed E-state index contributed by atoms with van der Waals surface area (Å²) in [5, 5.41) is 17.5. The predicted molar refractivity (Wildman–Crippen MR) is 47.1 cm³/mol. The van der Waals surface area contributed by atoms with Gasteiger partial charge in [-0.15, -0.1) is 0 Å². The molecule has 6 nitrogen and oxygen atoms in total. The number of phenols is 1. The van der Waals surface area contributed by atoms with Crippen molar-refractivity contribution in [2.45, 2.75) is 4.90 Å². The van der Waals surface area contributed by atoms with Crippen LogP contribution in [-0.4, -0.2) is 29.2 Å². The Morgan fingerprint density at radius 1 is 1.25 bits per heavy atom. The Kier molecular flexibility index (Phi) is 9.96. The number of carboxylic acid groups (broad SMARTS) is 1. The van der Waals surface area contributed by atoms with Crippen molar-refractivity contribution in [3.05, 3.63) is 23.8 Å². The van der Waals surface area contributed by atoms with Gasteiger partial charge in [0, 0.05) is 0 Å². The number of rotatable bonds is 2. The van der Waals surface area contributed by atoms with E-state index < -0.39 is 32.3 Å². The molecular formula is C7H8K2O6S.